The molecule has 0 fully saturated rings. The molecule has 0 amide bonds. The van der Waals surface area contributed by atoms with Crippen molar-refractivity contribution in [1.29, 1.82) is 5.41 Å². The van der Waals surface area contributed by atoms with E-state index < -0.39 is 0 Å². The number of hydrogen-bond donors (Lipinski definition) is 1. The number of para-hydroxylation sites is 1. The van der Waals surface area contributed by atoms with Gasteiger partial charge in [-0.3, -0.25) is 10.4 Å². The first-order valence-corrected chi connectivity index (χ1v) is 8.87. The van der Waals surface area contributed by atoms with Gasteiger partial charge in [-0.2, -0.15) is 0 Å². The lowest BCUT2D eigenvalue weighted by Crippen LogP contribution is -2.04. The zero-order chi connectivity index (χ0) is 18.4. The van der Waals surface area contributed by atoms with Gasteiger partial charge in [0, 0.05) is 28.8 Å². The number of hydrogen-bond acceptors (Lipinski definition) is 2. The van der Waals surface area contributed by atoms with Gasteiger partial charge in [-0.25, -0.2) is 4.99 Å². The minimum atomic E-state index is 0.382. The normalized spacial score (nSPS) is 12.0. The maximum Gasteiger partial charge on any atom is 0.121 e. The second-order valence-corrected chi connectivity index (χ2v) is 6.23. The van der Waals surface area contributed by atoms with Crippen molar-refractivity contribution >= 4 is 28.5 Å². The molecule has 0 aliphatic carbocycles. The van der Waals surface area contributed by atoms with Gasteiger partial charge >= 0.3 is 0 Å². The summed E-state index contributed by atoms with van der Waals surface area (Å²) < 4.78 is 0. The number of nitrogens with zero attached hydrogens (tertiary/aromatic N) is 2. The monoisotopic (exact) mass is 341 g/mol. The number of rotatable bonds is 5. The molecule has 0 aliphatic rings. The molecule has 3 heteroatoms. The van der Waals surface area contributed by atoms with Crippen LogP contribution >= 0.6 is 0 Å². The highest BCUT2D eigenvalue weighted by Gasteiger charge is 2.05. The summed E-state index contributed by atoms with van der Waals surface area (Å²) in [6.07, 6.45) is 5.38. The highest BCUT2D eigenvalue weighted by molar-refractivity contribution is 6.07. The molecule has 0 radical (unpaired) electrons. The van der Waals surface area contributed by atoms with Crippen LogP contribution in [0.2, 0.25) is 0 Å². The second-order valence-electron chi connectivity index (χ2n) is 6.23. The molecule has 3 rings (SSSR count). The first kappa shape index (κ1) is 17.7. The predicted octanol–water partition coefficient (Wildman–Crippen LogP) is 5.69. The maximum atomic E-state index is 8.22. The van der Waals surface area contributed by atoms with Gasteiger partial charge in [0.05, 0.1) is 5.52 Å². The minimum absolute atomic E-state index is 0.382. The van der Waals surface area contributed by atoms with Crippen LogP contribution in [0.3, 0.4) is 0 Å². The summed E-state index contributed by atoms with van der Waals surface area (Å²) in [5, 5.41) is 9.36. The summed E-state index contributed by atoms with van der Waals surface area (Å²) in [6, 6.07) is 20.3. The molecule has 0 atom stereocenters. The molecule has 26 heavy (non-hydrogen) atoms. The molecule has 3 aromatic rings. The molecule has 0 bridgehead atoms. The summed E-state index contributed by atoms with van der Waals surface area (Å²) in [7, 11) is 0. The van der Waals surface area contributed by atoms with E-state index in [1.165, 1.54) is 0 Å². The van der Waals surface area contributed by atoms with Crippen LogP contribution in [0.5, 0.6) is 0 Å². The number of aliphatic imine (C=N–C) groups is 1. The molecule has 0 aliphatic heterocycles. The van der Waals surface area contributed by atoms with Gasteiger partial charge in [0.2, 0.25) is 0 Å². The molecule has 0 unspecified atom stereocenters. The zero-order valence-corrected chi connectivity index (χ0v) is 15.2. The van der Waals surface area contributed by atoms with Crippen LogP contribution in [0.1, 0.15) is 37.1 Å². The van der Waals surface area contributed by atoms with Gasteiger partial charge in [0.1, 0.15) is 5.84 Å². The van der Waals surface area contributed by atoms with Crippen LogP contribution in [-0.4, -0.2) is 16.5 Å². The van der Waals surface area contributed by atoms with Crippen molar-refractivity contribution in [3.05, 3.63) is 83.6 Å². The molecule has 0 saturated heterocycles. The van der Waals surface area contributed by atoms with Crippen molar-refractivity contribution in [2.24, 2.45) is 4.99 Å². The van der Waals surface area contributed by atoms with Crippen molar-refractivity contribution in [1.82, 2.24) is 4.98 Å². The van der Waals surface area contributed by atoms with Gasteiger partial charge in [-0.05, 0) is 38.0 Å². The molecule has 0 spiro atoms. The number of fused-ring (bicyclic) bond motifs is 1. The van der Waals surface area contributed by atoms with Crippen molar-refractivity contribution in [3.63, 3.8) is 0 Å². The Hall–Kier alpha value is -3.07. The number of allylic oxidation sites excluding steroid dienone is 1. The number of aromatic nitrogens is 1. The Morgan fingerprint density at radius 2 is 1.81 bits per heavy atom. The Labute approximate surface area is 154 Å². The van der Waals surface area contributed by atoms with E-state index in [0.717, 1.165) is 39.9 Å². The summed E-state index contributed by atoms with van der Waals surface area (Å²) in [5.41, 5.74) is 5.06. The zero-order valence-electron chi connectivity index (χ0n) is 15.2. The number of amidine groups is 1. The first-order valence-electron chi connectivity index (χ1n) is 8.87. The molecule has 0 saturated carbocycles. The number of pyridine rings is 1. The van der Waals surface area contributed by atoms with E-state index in [1.54, 1.807) is 0 Å². The topological polar surface area (TPSA) is 49.1 Å². The highest BCUT2D eigenvalue weighted by atomic mass is 14.8. The summed E-state index contributed by atoms with van der Waals surface area (Å²) >= 11 is 0. The fourth-order valence-corrected chi connectivity index (χ4v) is 2.96. The fraction of sp³-hybridized carbons (Fsp3) is 0.174. The molecule has 2 aromatic carbocycles. The van der Waals surface area contributed by atoms with E-state index in [-0.39, 0.29) is 0 Å². The van der Waals surface area contributed by atoms with Crippen molar-refractivity contribution in [2.45, 2.75) is 26.7 Å². The third-order valence-corrected chi connectivity index (χ3v) is 4.27. The Kier molecular flexibility index (Phi) is 5.69. The maximum absolute atomic E-state index is 8.22. The van der Waals surface area contributed by atoms with Crippen LogP contribution in [-0.2, 0) is 6.42 Å². The average Bonchev–Trinajstić information content (AvgIpc) is 2.67. The standard InChI is InChI=1S/C23H23N3/c1-3-8-18-9-4-6-11-21(18)17(2)25-23(24)16-15-20-14-13-19-10-5-7-12-22(19)26-20/h3-14,24H,15-16H2,1-2H3/b8-3-,24-23?,25-17+. The van der Waals surface area contributed by atoms with E-state index >= 15 is 0 Å². The molecule has 3 nitrogen and oxygen atoms in total. The van der Waals surface area contributed by atoms with E-state index in [0.29, 0.717) is 12.3 Å². The van der Waals surface area contributed by atoms with E-state index in [4.69, 9.17) is 5.41 Å². The average molecular weight is 341 g/mol. The molecule has 1 heterocycles. The molecular weight excluding hydrogens is 318 g/mol. The van der Waals surface area contributed by atoms with E-state index in [2.05, 4.69) is 34.3 Å². The SMILES string of the molecule is C/C=C\c1ccccc1/C(C)=N/C(=N)CCc1ccc2ccccc2n1. The quantitative estimate of drug-likeness (QED) is 0.470. The smallest absolute Gasteiger partial charge is 0.121 e. The number of benzene rings is 2. The van der Waals surface area contributed by atoms with E-state index in [9.17, 15) is 0 Å². The Balaban J connectivity index is 1.70. The lowest BCUT2D eigenvalue weighted by atomic mass is 10.0. The lowest BCUT2D eigenvalue weighted by Gasteiger charge is -2.07. The number of nitrogens with one attached hydrogen (secondary N) is 1. The van der Waals surface area contributed by atoms with Crippen molar-refractivity contribution < 1.29 is 0 Å². The number of aryl methyl sites for hydroxylation is 1. The first-order chi connectivity index (χ1) is 12.7. The fourth-order valence-electron chi connectivity index (χ4n) is 2.96. The van der Waals surface area contributed by atoms with Gasteiger partial charge in [-0.1, -0.05) is 60.7 Å². The third kappa shape index (κ3) is 4.31. The van der Waals surface area contributed by atoms with Crippen LogP contribution in [0.4, 0.5) is 0 Å². The van der Waals surface area contributed by atoms with Crippen LogP contribution in [0.15, 0.2) is 71.7 Å². The minimum Gasteiger partial charge on any atom is -0.287 e. The lowest BCUT2D eigenvalue weighted by molar-refractivity contribution is 0.969. The molecule has 1 aromatic heterocycles. The Morgan fingerprint density at radius 1 is 1.04 bits per heavy atom. The second kappa shape index (κ2) is 8.34. The van der Waals surface area contributed by atoms with Crippen LogP contribution in [0, 0.1) is 5.41 Å². The molecule has 130 valence electrons. The van der Waals surface area contributed by atoms with Gasteiger partial charge in [-0.15, -0.1) is 0 Å². The largest absolute Gasteiger partial charge is 0.287 e. The van der Waals surface area contributed by atoms with Crippen molar-refractivity contribution in [2.75, 3.05) is 0 Å². The summed E-state index contributed by atoms with van der Waals surface area (Å²) in [4.78, 5) is 9.17. The van der Waals surface area contributed by atoms with Gasteiger partial charge in [0.15, 0.2) is 0 Å². The summed E-state index contributed by atoms with van der Waals surface area (Å²) in [5.74, 6) is 0.382. The van der Waals surface area contributed by atoms with E-state index in [1.807, 2.05) is 62.4 Å². The van der Waals surface area contributed by atoms with Crippen LogP contribution < -0.4 is 0 Å². The van der Waals surface area contributed by atoms with Crippen LogP contribution in [0.25, 0.3) is 17.0 Å². The van der Waals surface area contributed by atoms with Gasteiger partial charge in [0.25, 0.3) is 0 Å². The van der Waals surface area contributed by atoms with Crippen molar-refractivity contribution in [3.8, 4) is 0 Å². The Bertz CT molecular complexity index is 983. The summed E-state index contributed by atoms with van der Waals surface area (Å²) in [6.45, 7) is 3.97. The highest BCUT2D eigenvalue weighted by Crippen LogP contribution is 2.14. The molecular formula is C23H23N3. The molecule has 1 N–H and O–H groups in total. The van der Waals surface area contributed by atoms with Gasteiger partial charge < -0.3 is 0 Å². The third-order valence-electron chi connectivity index (χ3n) is 4.27. The Morgan fingerprint density at radius 3 is 2.65 bits per heavy atom. The predicted molar refractivity (Wildman–Crippen MR) is 111 cm³/mol.